The smallest absolute Gasteiger partial charge is 0.141 e. The van der Waals surface area contributed by atoms with Gasteiger partial charge in [0.05, 0.1) is 12.0 Å². The zero-order valence-corrected chi connectivity index (χ0v) is 7.42. The molecule has 0 amide bonds. The van der Waals surface area contributed by atoms with Crippen LogP contribution in [0.2, 0.25) is 0 Å². The second kappa shape index (κ2) is 2.25. The van der Waals surface area contributed by atoms with E-state index >= 15 is 0 Å². The largest absolute Gasteiger partial charge is 0.492 e. The molecule has 66 valence electrons. The van der Waals surface area contributed by atoms with E-state index in [4.69, 9.17) is 4.74 Å². The van der Waals surface area contributed by atoms with Crippen molar-refractivity contribution in [3.8, 4) is 5.75 Å². The summed E-state index contributed by atoms with van der Waals surface area (Å²) in [6.07, 6.45) is 4.87. The highest BCUT2D eigenvalue weighted by atomic mass is 16.5. The zero-order valence-electron chi connectivity index (χ0n) is 7.42. The molecule has 3 rings (SSSR count). The normalized spacial score (nSPS) is 14.5. The molecule has 0 saturated carbocycles. The van der Waals surface area contributed by atoms with Crippen molar-refractivity contribution < 1.29 is 4.74 Å². The van der Waals surface area contributed by atoms with Gasteiger partial charge in [0.25, 0.3) is 0 Å². The average Bonchev–Trinajstić information content (AvgIpc) is 2.57. The summed E-state index contributed by atoms with van der Waals surface area (Å²) >= 11 is 0. The molecule has 3 heterocycles. The molecular formula is C10H10N2O. The lowest BCUT2D eigenvalue weighted by Gasteiger charge is -2.15. The molecule has 0 saturated heterocycles. The van der Waals surface area contributed by atoms with Crippen LogP contribution in [0, 0.1) is 6.92 Å². The highest BCUT2D eigenvalue weighted by molar-refractivity contribution is 5.88. The number of aromatic nitrogens is 2. The van der Waals surface area contributed by atoms with Gasteiger partial charge in [-0.05, 0) is 12.5 Å². The predicted octanol–water partition coefficient (Wildman–Crippen LogP) is 1.81. The van der Waals surface area contributed by atoms with Crippen LogP contribution < -0.4 is 4.74 Å². The monoisotopic (exact) mass is 174 g/mol. The first kappa shape index (κ1) is 6.95. The van der Waals surface area contributed by atoms with Gasteiger partial charge in [-0.3, -0.25) is 0 Å². The molecule has 2 aromatic heterocycles. The Kier molecular flexibility index (Phi) is 1.20. The van der Waals surface area contributed by atoms with E-state index < -0.39 is 0 Å². The number of hydrogen-bond donors (Lipinski definition) is 1. The Bertz CT molecular complexity index is 473. The van der Waals surface area contributed by atoms with Gasteiger partial charge in [-0.2, -0.15) is 0 Å². The number of hydrogen-bond acceptors (Lipinski definition) is 2. The second-order valence-electron chi connectivity index (χ2n) is 3.41. The van der Waals surface area contributed by atoms with Crippen molar-refractivity contribution in [2.24, 2.45) is 0 Å². The molecule has 0 radical (unpaired) electrons. The summed E-state index contributed by atoms with van der Waals surface area (Å²) in [6, 6.07) is 0. The van der Waals surface area contributed by atoms with Crippen LogP contribution in [-0.4, -0.2) is 16.6 Å². The third-order valence-electron chi connectivity index (χ3n) is 2.53. The molecule has 0 aliphatic carbocycles. The van der Waals surface area contributed by atoms with Gasteiger partial charge in [0.2, 0.25) is 0 Å². The van der Waals surface area contributed by atoms with Crippen LogP contribution in [0.25, 0.3) is 11.0 Å². The third-order valence-corrected chi connectivity index (χ3v) is 2.53. The van der Waals surface area contributed by atoms with Crippen molar-refractivity contribution in [1.29, 1.82) is 0 Å². The number of ether oxygens (including phenoxy) is 1. The van der Waals surface area contributed by atoms with Gasteiger partial charge < -0.3 is 9.72 Å². The second-order valence-corrected chi connectivity index (χ2v) is 3.41. The van der Waals surface area contributed by atoms with Gasteiger partial charge in [-0.1, -0.05) is 0 Å². The summed E-state index contributed by atoms with van der Waals surface area (Å²) in [7, 11) is 0. The van der Waals surface area contributed by atoms with Crippen molar-refractivity contribution in [1.82, 2.24) is 9.97 Å². The lowest BCUT2D eigenvalue weighted by molar-refractivity contribution is 0.316. The minimum atomic E-state index is 0.783. The fourth-order valence-electron chi connectivity index (χ4n) is 1.87. The van der Waals surface area contributed by atoms with Crippen LogP contribution in [0.3, 0.4) is 0 Å². The molecule has 3 heteroatoms. The van der Waals surface area contributed by atoms with Gasteiger partial charge in [-0.15, -0.1) is 0 Å². The highest BCUT2D eigenvalue weighted by Gasteiger charge is 2.17. The fourth-order valence-corrected chi connectivity index (χ4v) is 1.87. The van der Waals surface area contributed by atoms with Crippen molar-refractivity contribution in [2.45, 2.75) is 13.3 Å². The van der Waals surface area contributed by atoms with E-state index in [1.54, 1.807) is 0 Å². The third kappa shape index (κ3) is 0.813. The van der Waals surface area contributed by atoms with E-state index in [9.17, 15) is 0 Å². The summed E-state index contributed by atoms with van der Waals surface area (Å²) in [5.41, 5.74) is 3.38. The molecule has 1 aliphatic rings. The molecule has 2 aromatic rings. The van der Waals surface area contributed by atoms with Crippen molar-refractivity contribution in [3.05, 3.63) is 23.5 Å². The van der Waals surface area contributed by atoms with E-state index in [1.165, 1.54) is 10.9 Å². The number of nitrogens with zero attached hydrogens (tertiary/aromatic N) is 1. The molecule has 0 atom stereocenters. The number of aromatic amines is 1. The number of pyridine rings is 1. The molecule has 1 N–H and O–H groups in total. The van der Waals surface area contributed by atoms with Crippen molar-refractivity contribution >= 4 is 11.0 Å². The Labute approximate surface area is 75.7 Å². The van der Waals surface area contributed by atoms with E-state index in [2.05, 4.69) is 9.97 Å². The predicted molar refractivity (Wildman–Crippen MR) is 50.0 cm³/mol. The Balaban J connectivity index is 2.50. The molecule has 0 unspecified atom stereocenters. The molecule has 0 bridgehead atoms. The summed E-state index contributed by atoms with van der Waals surface area (Å²) in [6.45, 7) is 2.81. The first-order valence-corrected chi connectivity index (χ1v) is 4.44. The molecule has 0 aromatic carbocycles. The first-order chi connectivity index (χ1) is 6.36. The summed E-state index contributed by atoms with van der Waals surface area (Å²) in [4.78, 5) is 7.46. The topological polar surface area (TPSA) is 37.9 Å². The van der Waals surface area contributed by atoms with Gasteiger partial charge in [0, 0.05) is 24.4 Å². The quantitative estimate of drug-likeness (QED) is 0.661. The Morgan fingerprint density at radius 1 is 1.54 bits per heavy atom. The number of H-pyrrole nitrogens is 1. The Morgan fingerprint density at radius 3 is 3.38 bits per heavy atom. The maximum atomic E-state index is 5.62. The summed E-state index contributed by atoms with van der Waals surface area (Å²) < 4.78 is 5.62. The highest BCUT2D eigenvalue weighted by Crippen LogP contribution is 2.33. The van der Waals surface area contributed by atoms with Gasteiger partial charge >= 0.3 is 0 Å². The molecule has 0 spiro atoms. The van der Waals surface area contributed by atoms with Gasteiger partial charge in [0.15, 0.2) is 0 Å². The Hall–Kier alpha value is -1.51. The van der Waals surface area contributed by atoms with E-state index in [-0.39, 0.29) is 0 Å². The number of aryl methyl sites for hydroxylation is 1. The van der Waals surface area contributed by atoms with Crippen LogP contribution in [0.4, 0.5) is 0 Å². The van der Waals surface area contributed by atoms with Crippen LogP contribution in [-0.2, 0) is 6.42 Å². The lowest BCUT2D eigenvalue weighted by atomic mass is 10.1. The standard InChI is InChI=1S/C10H10N2O/c1-6-4-11-10-8-7(5-12-10)2-3-13-9(6)8/h4-5H,2-3H2,1H3,(H,11,12). The number of nitrogens with one attached hydrogen (secondary N) is 1. The molecule has 13 heavy (non-hydrogen) atoms. The van der Waals surface area contributed by atoms with E-state index in [0.29, 0.717) is 0 Å². The minimum absolute atomic E-state index is 0.783. The molecule has 1 aliphatic heterocycles. The molecule has 0 fully saturated rings. The van der Waals surface area contributed by atoms with Crippen LogP contribution in [0.15, 0.2) is 12.4 Å². The van der Waals surface area contributed by atoms with Crippen LogP contribution in [0.1, 0.15) is 11.1 Å². The molecule has 3 nitrogen and oxygen atoms in total. The van der Waals surface area contributed by atoms with E-state index in [0.717, 1.165) is 30.0 Å². The SMILES string of the molecule is Cc1cnc2[nH]cc3c2c1OCC3. The zero-order chi connectivity index (χ0) is 8.84. The minimum Gasteiger partial charge on any atom is -0.492 e. The first-order valence-electron chi connectivity index (χ1n) is 4.44. The van der Waals surface area contributed by atoms with Gasteiger partial charge in [0.1, 0.15) is 11.4 Å². The van der Waals surface area contributed by atoms with Gasteiger partial charge in [-0.25, -0.2) is 4.98 Å². The van der Waals surface area contributed by atoms with Crippen molar-refractivity contribution in [2.75, 3.05) is 6.61 Å². The van der Waals surface area contributed by atoms with Crippen LogP contribution in [0.5, 0.6) is 5.75 Å². The van der Waals surface area contributed by atoms with E-state index in [1.807, 2.05) is 19.3 Å². The fraction of sp³-hybridized carbons (Fsp3) is 0.300. The Morgan fingerprint density at radius 2 is 2.46 bits per heavy atom. The maximum absolute atomic E-state index is 5.62. The molecular weight excluding hydrogens is 164 g/mol. The van der Waals surface area contributed by atoms with Crippen LogP contribution >= 0.6 is 0 Å². The van der Waals surface area contributed by atoms with Crippen molar-refractivity contribution in [3.63, 3.8) is 0 Å². The summed E-state index contributed by atoms with van der Waals surface area (Å²) in [5, 5.41) is 1.17. The lowest BCUT2D eigenvalue weighted by Crippen LogP contribution is -2.07. The summed E-state index contributed by atoms with van der Waals surface area (Å²) in [5.74, 6) is 1.01. The number of rotatable bonds is 0. The maximum Gasteiger partial charge on any atom is 0.141 e. The average molecular weight is 174 g/mol.